The maximum absolute atomic E-state index is 13.6. The van der Waals surface area contributed by atoms with Gasteiger partial charge in [-0.25, -0.2) is 0 Å². The third-order valence-corrected chi connectivity index (χ3v) is 12.6. The molecule has 0 radical (unpaired) electrons. The fourth-order valence-electron chi connectivity index (χ4n) is 8.07. The highest BCUT2D eigenvalue weighted by Crippen LogP contribution is 2.46. The first-order valence-electron chi connectivity index (χ1n) is 21.6. The molecule has 2 aliphatic carbocycles. The number of hydrogen-bond acceptors (Lipinski definition) is 7. The molecule has 0 spiro atoms. The Labute approximate surface area is 384 Å². The maximum atomic E-state index is 13.6. The molecule has 2 N–H and O–H groups in total. The van der Waals surface area contributed by atoms with Gasteiger partial charge in [0.1, 0.15) is 36.9 Å². The Morgan fingerprint density at radius 2 is 1.09 bits per heavy atom. The summed E-state index contributed by atoms with van der Waals surface area (Å²) < 4.78 is 97.8. The van der Waals surface area contributed by atoms with Gasteiger partial charge in [-0.3, -0.25) is 9.59 Å². The number of alkyl halides is 6. The number of benzene rings is 4. The smallest absolute Gasteiger partial charge is 0.416 e. The van der Waals surface area contributed by atoms with Gasteiger partial charge < -0.3 is 34.3 Å². The molecule has 17 heteroatoms. The van der Waals surface area contributed by atoms with E-state index in [4.69, 9.17) is 42.1 Å². The van der Waals surface area contributed by atoms with Gasteiger partial charge in [-0.1, -0.05) is 60.3 Å². The molecule has 2 aliphatic heterocycles. The van der Waals surface area contributed by atoms with Gasteiger partial charge in [0, 0.05) is 36.3 Å². The first kappa shape index (κ1) is 49.9. The molecule has 0 aromatic heterocycles. The lowest BCUT2D eigenvalue weighted by atomic mass is 9.63. The summed E-state index contributed by atoms with van der Waals surface area (Å²) >= 11 is 11.8. The van der Waals surface area contributed by atoms with Crippen molar-refractivity contribution in [3.63, 3.8) is 0 Å². The van der Waals surface area contributed by atoms with Crippen LogP contribution >= 0.6 is 23.2 Å². The highest BCUT2D eigenvalue weighted by Gasteiger charge is 2.48. The van der Waals surface area contributed by atoms with Crippen LogP contribution < -0.4 is 14.8 Å². The van der Waals surface area contributed by atoms with Gasteiger partial charge in [-0.05, 0) is 129 Å². The first-order chi connectivity index (χ1) is 31.0. The quantitative estimate of drug-likeness (QED) is 0.151. The largest absolute Gasteiger partial charge is 0.491 e. The fourth-order valence-corrected chi connectivity index (χ4v) is 8.32. The maximum Gasteiger partial charge on any atom is 0.416 e. The van der Waals surface area contributed by atoms with Crippen LogP contribution in [-0.2, 0) is 42.2 Å². The van der Waals surface area contributed by atoms with E-state index in [1.165, 1.54) is 24.3 Å². The molecule has 9 nitrogen and oxygen atoms in total. The summed E-state index contributed by atoms with van der Waals surface area (Å²) in [5.41, 5.74) is -0.688. The van der Waals surface area contributed by atoms with Crippen LogP contribution in [0.15, 0.2) is 97.1 Å². The van der Waals surface area contributed by atoms with Crippen molar-refractivity contribution < 1.29 is 60.0 Å². The van der Waals surface area contributed by atoms with Crippen molar-refractivity contribution in [2.24, 2.45) is 0 Å². The molecule has 0 bridgehead atoms. The lowest BCUT2D eigenvalue weighted by Crippen LogP contribution is -2.53. The second-order valence-corrected chi connectivity index (χ2v) is 17.4. The average Bonchev–Trinajstić information content (AvgIpc) is 3.66. The van der Waals surface area contributed by atoms with Crippen LogP contribution in [0, 0.1) is 0 Å². The van der Waals surface area contributed by atoms with E-state index in [2.05, 4.69) is 5.32 Å². The van der Waals surface area contributed by atoms with Gasteiger partial charge in [0.15, 0.2) is 0 Å². The second-order valence-electron chi connectivity index (χ2n) is 16.5. The number of carbonyl (C=O) groups is 2. The summed E-state index contributed by atoms with van der Waals surface area (Å²) in [5, 5.41) is 13.7. The lowest BCUT2D eigenvalue weighted by Gasteiger charge is -2.44. The van der Waals surface area contributed by atoms with Crippen molar-refractivity contribution in [3.05, 3.63) is 129 Å². The average molecular weight is 954 g/mol. The molecular formula is C48H52Cl2F6N2O7. The van der Waals surface area contributed by atoms with Crippen molar-refractivity contribution >= 4 is 35.1 Å². The van der Waals surface area contributed by atoms with Gasteiger partial charge in [0.05, 0.1) is 28.5 Å². The van der Waals surface area contributed by atoms with Crippen LogP contribution in [0.2, 0.25) is 10.0 Å². The van der Waals surface area contributed by atoms with E-state index < -0.39 is 40.3 Å². The van der Waals surface area contributed by atoms with Crippen LogP contribution in [-0.4, -0.2) is 86.7 Å². The zero-order valence-electron chi connectivity index (χ0n) is 35.6. The number of nitrogens with zero attached hydrogens (tertiary/aromatic N) is 1. The summed E-state index contributed by atoms with van der Waals surface area (Å²) in [4.78, 5) is 26.6. The molecule has 4 aliphatic rings. The molecule has 2 atom stereocenters. The Morgan fingerprint density at radius 3 is 1.54 bits per heavy atom. The Bertz CT molecular complexity index is 2120. The van der Waals surface area contributed by atoms with Crippen molar-refractivity contribution in [2.75, 3.05) is 52.6 Å². The standard InChI is InChI=1S/C24H25ClF3NO3.C13H16F3NO2.C11H11ClO2/c25-19-7-3-17(4-8-19)23(11-1-12-23)22(30)29-13-2-14-31-21(15-29)16-32-20-9-5-18(6-10-20)24(26,27)28;14-13(15,16)10-2-4-11(5-3-10)19-9-12-8-17-6-1-7-18-12;12-9-4-2-8(3-5-9)11(10(13)14)6-1-7-11/h3-10,21H,1-2,11-16H2;2-5,12,17H,1,6-9H2;2-5H,1,6-7H2,(H,13,14). The Morgan fingerprint density at radius 1 is 0.646 bits per heavy atom. The Balaban J connectivity index is 0.000000179. The number of nitrogens with one attached hydrogen (secondary N) is 1. The van der Waals surface area contributed by atoms with E-state index in [-0.39, 0.29) is 24.7 Å². The third kappa shape index (κ3) is 13.3. The number of carboxylic acid groups (broad SMARTS) is 1. The van der Waals surface area contributed by atoms with Crippen molar-refractivity contribution in [1.29, 1.82) is 0 Å². The first-order valence-corrected chi connectivity index (χ1v) is 22.3. The van der Waals surface area contributed by atoms with E-state index >= 15 is 0 Å². The van der Waals surface area contributed by atoms with E-state index in [1.54, 1.807) is 12.1 Å². The molecule has 8 rings (SSSR count). The number of carboxylic acids is 1. The van der Waals surface area contributed by atoms with Crippen LogP contribution in [0.4, 0.5) is 26.3 Å². The van der Waals surface area contributed by atoms with E-state index in [9.17, 15) is 41.0 Å². The molecule has 65 heavy (non-hydrogen) atoms. The van der Waals surface area contributed by atoms with Crippen LogP contribution in [0.1, 0.15) is 73.6 Å². The molecule has 4 aromatic carbocycles. The van der Waals surface area contributed by atoms with Gasteiger partial charge in [0.2, 0.25) is 5.91 Å². The number of halogens is 8. The van der Waals surface area contributed by atoms with Gasteiger partial charge in [-0.15, -0.1) is 0 Å². The molecular weight excluding hydrogens is 901 g/mol. The molecule has 4 aromatic rings. The molecule has 2 unspecified atom stereocenters. The van der Waals surface area contributed by atoms with E-state index in [1.807, 2.05) is 41.3 Å². The van der Waals surface area contributed by atoms with Gasteiger partial charge in [-0.2, -0.15) is 26.3 Å². The zero-order chi connectivity index (χ0) is 46.7. The third-order valence-electron chi connectivity index (χ3n) is 12.1. The normalized spacial score (nSPS) is 20.4. The molecule has 2 saturated carbocycles. The monoisotopic (exact) mass is 952 g/mol. The number of rotatable bonds is 10. The van der Waals surface area contributed by atoms with Gasteiger partial charge >= 0.3 is 18.3 Å². The fraction of sp³-hybridized carbons (Fsp3) is 0.458. The number of amides is 1. The molecule has 1 amide bonds. The summed E-state index contributed by atoms with van der Waals surface area (Å²) in [6.45, 7) is 4.26. The minimum absolute atomic E-state index is 0.0650. The van der Waals surface area contributed by atoms with Crippen molar-refractivity contribution in [3.8, 4) is 11.5 Å². The number of ether oxygens (including phenoxy) is 4. The number of carbonyl (C=O) groups excluding carboxylic acids is 1. The second kappa shape index (κ2) is 22.3. The zero-order valence-corrected chi connectivity index (χ0v) is 37.1. The predicted molar refractivity (Wildman–Crippen MR) is 234 cm³/mol. The highest BCUT2D eigenvalue weighted by atomic mass is 35.5. The van der Waals surface area contributed by atoms with Gasteiger partial charge in [0.25, 0.3) is 0 Å². The van der Waals surface area contributed by atoms with Crippen LogP contribution in [0.25, 0.3) is 0 Å². The number of aliphatic carboxylic acids is 1. The predicted octanol–water partition coefficient (Wildman–Crippen LogP) is 10.8. The summed E-state index contributed by atoms with van der Waals surface area (Å²) in [6.07, 6.45) is -2.36. The SMILES string of the molecule is FC(F)(F)c1ccc(OCC2CNCCCO2)cc1.O=C(N1CCCOC(COc2ccc(C(F)(F)F)cc2)C1)C1(c2ccc(Cl)cc2)CCC1.O=C(O)C1(c2ccc(Cl)cc2)CCC1. The van der Waals surface area contributed by atoms with Crippen molar-refractivity contribution in [1.82, 2.24) is 10.2 Å². The lowest BCUT2D eigenvalue weighted by molar-refractivity contribution is -0.147. The topological polar surface area (TPSA) is 107 Å². The number of hydrogen-bond donors (Lipinski definition) is 2. The Hall–Kier alpha value is -4.54. The van der Waals surface area contributed by atoms with Crippen LogP contribution in [0.3, 0.4) is 0 Å². The minimum Gasteiger partial charge on any atom is -0.491 e. The summed E-state index contributed by atoms with van der Waals surface area (Å²) in [6, 6.07) is 23.9. The van der Waals surface area contributed by atoms with E-state index in [0.717, 1.165) is 93.3 Å². The molecule has 2 saturated heterocycles. The molecule has 2 heterocycles. The minimum atomic E-state index is -4.38. The van der Waals surface area contributed by atoms with Crippen LogP contribution in [0.5, 0.6) is 11.5 Å². The van der Waals surface area contributed by atoms with E-state index in [0.29, 0.717) is 61.0 Å². The Kier molecular flexibility index (Phi) is 17.1. The molecule has 352 valence electrons. The summed E-state index contributed by atoms with van der Waals surface area (Å²) in [5.74, 6) is 0.128. The summed E-state index contributed by atoms with van der Waals surface area (Å²) in [7, 11) is 0. The molecule has 4 fully saturated rings. The highest BCUT2D eigenvalue weighted by molar-refractivity contribution is 6.30. The van der Waals surface area contributed by atoms with Crippen molar-refractivity contribution in [2.45, 2.75) is 86.8 Å².